The molecule has 0 saturated heterocycles. The Hall–Kier alpha value is -1.43. The molecule has 0 spiro atoms. The van der Waals surface area contributed by atoms with E-state index in [0.29, 0.717) is 4.68 Å². The molecule has 0 aromatic carbocycles. The van der Waals surface area contributed by atoms with Gasteiger partial charge in [-0.15, -0.1) is 13.2 Å². The van der Waals surface area contributed by atoms with Crippen molar-refractivity contribution in [3.8, 4) is 0 Å². The van der Waals surface area contributed by atoms with Crippen LogP contribution in [0.4, 0.5) is 35.1 Å². The Kier molecular flexibility index (Phi) is 4.83. The zero-order valence-corrected chi connectivity index (χ0v) is 11.9. The van der Waals surface area contributed by atoms with E-state index in [1.165, 1.54) is 0 Å². The van der Waals surface area contributed by atoms with Crippen LogP contribution in [0.3, 0.4) is 0 Å². The number of alkyl halides is 8. The molecule has 1 aromatic rings. The van der Waals surface area contributed by atoms with Crippen molar-refractivity contribution in [3.63, 3.8) is 0 Å². The van der Waals surface area contributed by atoms with E-state index < -0.39 is 61.8 Å². The van der Waals surface area contributed by atoms with Crippen molar-refractivity contribution in [2.75, 3.05) is 6.61 Å². The lowest BCUT2D eigenvalue weighted by molar-refractivity contribution is -0.324. The number of rotatable bonds is 4. The highest BCUT2D eigenvalue weighted by molar-refractivity contribution is 5.35. The summed E-state index contributed by atoms with van der Waals surface area (Å²) in [5.41, 5.74) is -2.93. The van der Waals surface area contributed by atoms with E-state index in [1.54, 1.807) is 0 Å². The fourth-order valence-electron chi connectivity index (χ4n) is 2.49. The Balaban J connectivity index is 2.25. The van der Waals surface area contributed by atoms with Gasteiger partial charge in [-0.05, 0) is 12.8 Å². The number of hydrogen-bond acceptors (Lipinski definition) is 3. The molecule has 4 nitrogen and oxygen atoms in total. The molecule has 138 valence electrons. The Morgan fingerprint density at radius 1 is 1.21 bits per heavy atom. The number of fused-ring (bicyclic) bond motifs is 1. The van der Waals surface area contributed by atoms with Gasteiger partial charge in [0.1, 0.15) is 6.10 Å². The van der Waals surface area contributed by atoms with Gasteiger partial charge in [-0.1, -0.05) is 0 Å². The van der Waals surface area contributed by atoms with Crippen molar-refractivity contribution in [1.29, 1.82) is 0 Å². The molecule has 2 rings (SSSR count). The Morgan fingerprint density at radius 2 is 1.83 bits per heavy atom. The topological polar surface area (TPSA) is 47.3 Å². The fourth-order valence-corrected chi connectivity index (χ4v) is 2.49. The monoisotopic (exact) mass is 368 g/mol. The molecule has 0 amide bonds. The van der Waals surface area contributed by atoms with Crippen LogP contribution < -0.4 is 0 Å². The van der Waals surface area contributed by atoms with Gasteiger partial charge < -0.3 is 5.11 Å². The summed E-state index contributed by atoms with van der Waals surface area (Å²) < 4.78 is 106. The lowest BCUT2D eigenvalue weighted by atomic mass is 9.89. The van der Waals surface area contributed by atoms with Crippen molar-refractivity contribution in [2.24, 2.45) is 0 Å². The van der Waals surface area contributed by atoms with Crippen LogP contribution in [-0.4, -0.2) is 33.8 Å². The summed E-state index contributed by atoms with van der Waals surface area (Å²) in [6.45, 7) is -1.22. The summed E-state index contributed by atoms with van der Waals surface area (Å²) in [4.78, 5) is 0. The molecule has 1 unspecified atom stereocenters. The van der Waals surface area contributed by atoms with Gasteiger partial charge in [-0.25, -0.2) is 8.78 Å². The SMILES string of the molecule is OC1c2c(C(F)(F)F)nn(CCCOC(F)(F)F)c2CCC1(F)F. The van der Waals surface area contributed by atoms with Crippen molar-refractivity contribution < 1.29 is 45.0 Å². The first-order chi connectivity index (χ1) is 10.8. The minimum absolute atomic E-state index is 0.257. The van der Waals surface area contributed by atoms with E-state index in [0.717, 1.165) is 0 Å². The van der Waals surface area contributed by atoms with Gasteiger partial charge in [0.05, 0.1) is 6.61 Å². The van der Waals surface area contributed by atoms with Crippen molar-refractivity contribution in [1.82, 2.24) is 9.78 Å². The molecule has 0 radical (unpaired) electrons. The smallest absolute Gasteiger partial charge is 0.382 e. The summed E-state index contributed by atoms with van der Waals surface area (Å²) in [6, 6.07) is 0. The molecule has 1 atom stereocenters. The fraction of sp³-hybridized carbons (Fsp3) is 0.750. The van der Waals surface area contributed by atoms with Gasteiger partial charge in [0.15, 0.2) is 5.69 Å². The van der Waals surface area contributed by atoms with Crippen molar-refractivity contribution in [3.05, 3.63) is 17.0 Å². The molecule has 1 aliphatic rings. The van der Waals surface area contributed by atoms with E-state index >= 15 is 0 Å². The number of nitrogens with zero attached hydrogens (tertiary/aromatic N) is 2. The standard InChI is InChI=1S/C12H12F8N2O2/c13-10(14)3-2-6-7(9(10)23)8(11(15,16)17)21-22(6)4-1-5-24-12(18,19)20/h9,23H,1-5H2. The highest BCUT2D eigenvalue weighted by atomic mass is 19.4. The number of aryl methyl sites for hydroxylation is 1. The minimum Gasteiger partial charge on any atom is -0.382 e. The quantitative estimate of drug-likeness (QED) is 0.654. The van der Waals surface area contributed by atoms with Crippen LogP contribution in [0.25, 0.3) is 0 Å². The molecule has 1 N–H and O–H groups in total. The predicted molar refractivity (Wildman–Crippen MR) is 62.1 cm³/mol. The zero-order valence-electron chi connectivity index (χ0n) is 11.9. The molecule has 1 aromatic heterocycles. The van der Waals surface area contributed by atoms with E-state index in [1.807, 2.05) is 0 Å². The maximum atomic E-state index is 13.5. The van der Waals surface area contributed by atoms with Crippen molar-refractivity contribution >= 4 is 0 Å². The number of hydrogen-bond donors (Lipinski definition) is 1. The van der Waals surface area contributed by atoms with Crippen LogP contribution in [0.15, 0.2) is 0 Å². The zero-order chi connectivity index (χ0) is 18.3. The molecule has 0 fully saturated rings. The van der Waals surface area contributed by atoms with Crippen LogP contribution >= 0.6 is 0 Å². The Morgan fingerprint density at radius 3 is 2.38 bits per heavy atom. The van der Waals surface area contributed by atoms with Crippen LogP contribution in [0.1, 0.15) is 35.9 Å². The van der Waals surface area contributed by atoms with Gasteiger partial charge in [0, 0.05) is 24.2 Å². The average Bonchev–Trinajstić information content (AvgIpc) is 2.77. The maximum Gasteiger partial charge on any atom is 0.522 e. The second-order valence-electron chi connectivity index (χ2n) is 5.24. The normalized spacial score (nSPS) is 21.0. The van der Waals surface area contributed by atoms with E-state index in [9.17, 15) is 40.2 Å². The van der Waals surface area contributed by atoms with Gasteiger partial charge in [0.25, 0.3) is 5.92 Å². The van der Waals surface area contributed by atoms with Crippen LogP contribution in [0.5, 0.6) is 0 Å². The van der Waals surface area contributed by atoms with Crippen molar-refractivity contribution in [2.45, 2.75) is 50.4 Å². The molecule has 0 bridgehead atoms. The second-order valence-corrected chi connectivity index (χ2v) is 5.24. The molecule has 1 aliphatic carbocycles. The maximum absolute atomic E-state index is 13.5. The number of aliphatic hydroxyl groups is 1. The molecule has 0 saturated carbocycles. The third kappa shape index (κ3) is 3.97. The lowest BCUT2D eigenvalue weighted by Gasteiger charge is -2.28. The Bertz CT molecular complexity index is 593. The summed E-state index contributed by atoms with van der Waals surface area (Å²) >= 11 is 0. The van der Waals surface area contributed by atoms with E-state index in [-0.39, 0.29) is 12.1 Å². The highest BCUT2D eigenvalue weighted by Crippen LogP contribution is 2.46. The number of halogens is 8. The molecular weight excluding hydrogens is 356 g/mol. The van der Waals surface area contributed by atoms with Crippen LogP contribution in [-0.2, 0) is 23.9 Å². The lowest BCUT2D eigenvalue weighted by Crippen LogP contribution is -2.33. The highest BCUT2D eigenvalue weighted by Gasteiger charge is 2.51. The molecule has 0 aliphatic heterocycles. The number of ether oxygens (including phenoxy) is 1. The molecule has 1 heterocycles. The average molecular weight is 368 g/mol. The number of aromatic nitrogens is 2. The third-order valence-electron chi connectivity index (χ3n) is 3.52. The van der Waals surface area contributed by atoms with Gasteiger partial charge in [-0.3, -0.25) is 9.42 Å². The first-order valence-electron chi connectivity index (χ1n) is 6.76. The molecule has 24 heavy (non-hydrogen) atoms. The van der Waals surface area contributed by atoms with Crippen LogP contribution in [0.2, 0.25) is 0 Å². The number of aliphatic hydroxyl groups excluding tert-OH is 1. The minimum atomic E-state index is -5.08. The molecule has 12 heteroatoms. The van der Waals surface area contributed by atoms with Crippen LogP contribution in [0, 0.1) is 0 Å². The Labute approximate surface area is 130 Å². The first-order valence-corrected chi connectivity index (χ1v) is 6.76. The predicted octanol–water partition coefficient (Wildman–Crippen LogP) is 3.44. The second kappa shape index (κ2) is 6.14. The summed E-state index contributed by atoms with van der Waals surface area (Å²) in [5.74, 6) is -3.74. The van der Waals surface area contributed by atoms with E-state index in [2.05, 4.69) is 9.84 Å². The van der Waals surface area contributed by atoms with Gasteiger partial charge >= 0.3 is 12.5 Å². The van der Waals surface area contributed by atoms with Gasteiger partial charge in [0.2, 0.25) is 0 Å². The first kappa shape index (κ1) is 18.9. The summed E-state index contributed by atoms with van der Waals surface area (Å²) in [6.07, 6.45) is -14.3. The largest absolute Gasteiger partial charge is 0.522 e. The molecular formula is C12H12F8N2O2. The summed E-state index contributed by atoms with van der Waals surface area (Å²) in [5, 5.41) is 12.7. The van der Waals surface area contributed by atoms with E-state index in [4.69, 9.17) is 0 Å². The summed E-state index contributed by atoms with van der Waals surface area (Å²) in [7, 11) is 0. The third-order valence-corrected chi connectivity index (χ3v) is 3.52. The van der Waals surface area contributed by atoms with Gasteiger partial charge in [-0.2, -0.15) is 18.3 Å².